The van der Waals surface area contributed by atoms with Gasteiger partial charge in [-0.1, -0.05) is 19.1 Å². The largest absolute Gasteiger partial charge is 0.378 e. The third-order valence-corrected chi connectivity index (χ3v) is 8.63. The van der Waals surface area contributed by atoms with Crippen molar-refractivity contribution in [2.75, 3.05) is 63.6 Å². The molecule has 6 rings (SSSR count). The maximum absolute atomic E-state index is 13.6. The van der Waals surface area contributed by atoms with Crippen LogP contribution in [0.4, 0.5) is 5.82 Å². The summed E-state index contributed by atoms with van der Waals surface area (Å²) in [5.74, 6) is 1.93. The van der Waals surface area contributed by atoms with Gasteiger partial charge in [0.1, 0.15) is 5.82 Å². The maximum atomic E-state index is 13.6. The van der Waals surface area contributed by atoms with E-state index in [0.29, 0.717) is 68.7 Å². The molecule has 0 N–H and O–H groups in total. The van der Waals surface area contributed by atoms with Crippen molar-refractivity contribution in [2.45, 2.75) is 13.3 Å². The van der Waals surface area contributed by atoms with Crippen LogP contribution >= 0.6 is 0 Å². The number of amides is 1. The summed E-state index contributed by atoms with van der Waals surface area (Å²) in [6.07, 6.45) is 1.88. The van der Waals surface area contributed by atoms with Gasteiger partial charge in [0, 0.05) is 52.7 Å². The summed E-state index contributed by atoms with van der Waals surface area (Å²) in [5.41, 5.74) is 2.85. The summed E-state index contributed by atoms with van der Waals surface area (Å²) in [6.45, 7) is 5.57. The van der Waals surface area contributed by atoms with E-state index < -0.39 is 10.0 Å². The minimum Gasteiger partial charge on any atom is -0.378 e. The van der Waals surface area contributed by atoms with E-state index in [2.05, 4.69) is 4.90 Å². The van der Waals surface area contributed by atoms with Crippen LogP contribution in [0.15, 0.2) is 24.3 Å². The Morgan fingerprint density at radius 2 is 1.69 bits per heavy atom. The fourth-order valence-corrected chi connectivity index (χ4v) is 6.05. The lowest BCUT2D eigenvalue weighted by atomic mass is 10.3. The topological polar surface area (TPSA) is 132 Å². The Balaban J connectivity index is 1.46. The van der Waals surface area contributed by atoms with Crippen molar-refractivity contribution in [3.8, 4) is 5.95 Å². The maximum Gasteiger partial charge on any atom is 0.290 e. The van der Waals surface area contributed by atoms with Crippen molar-refractivity contribution in [3.63, 3.8) is 0 Å². The number of nitrogens with zero attached hydrogens (tertiary/aromatic N) is 9. The standard InChI is InChI=1S/C25H31N9O4S/c1-4-19-26-17-7-5-6-8-18(17)34(19)25-28-21-20(22(29-25)31-13-15-38-16-14-31)27-23(30(21)2)24(35)32-9-11-33(12-10-32)39(3,36)37/h5-8H,4,9-16H2,1-3H3. The molecule has 13 nitrogen and oxygen atoms in total. The van der Waals surface area contributed by atoms with E-state index in [1.807, 2.05) is 35.8 Å². The number of piperazine rings is 1. The molecule has 1 amide bonds. The molecule has 3 aromatic heterocycles. The number of sulfonamides is 1. The quantitative estimate of drug-likeness (QED) is 0.352. The third-order valence-electron chi connectivity index (χ3n) is 7.33. The average molecular weight is 554 g/mol. The Bertz CT molecular complexity index is 1670. The predicted molar refractivity (Wildman–Crippen MR) is 146 cm³/mol. The Kier molecular flexibility index (Phi) is 6.47. The van der Waals surface area contributed by atoms with Gasteiger partial charge in [0.25, 0.3) is 5.91 Å². The minimum absolute atomic E-state index is 0.241. The van der Waals surface area contributed by atoms with Crippen LogP contribution in [0.25, 0.3) is 28.1 Å². The normalized spacial score (nSPS) is 17.4. The number of aryl methyl sites for hydroxylation is 2. The second-order valence-corrected chi connectivity index (χ2v) is 11.8. The van der Waals surface area contributed by atoms with Crippen LogP contribution in [-0.2, 0) is 28.2 Å². The van der Waals surface area contributed by atoms with Gasteiger partial charge in [-0.15, -0.1) is 0 Å². The summed E-state index contributed by atoms with van der Waals surface area (Å²) in [4.78, 5) is 36.8. The van der Waals surface area contributed by atoms with Crippen molar-refractivity contribution in [3.05, 3.63) is 35.9 Å². The summed E-state index contributed by atoms with van der Waals surface area (Å²) >= 11 is 0. The molecule has 14 heteroatoms. The second kappa shape index (κ2) is 9.84. The first-order valence-electron chi connectivity index (χ1n) is 13.0. The highest BCUT2D eigenvalue weighted by Crippen LogP contribution is 2.29. The van der Waals surface area contributed by atoms with Crippen molar-refractivity contribution in [2.24, 2.45) is 7.05 Å². The molecule has 0 saturated carbocycles. The van der Waals surface area contributed by atoms with Crippen LogP contribution in [-0.4, -0.2) is 111 Å². The molecule has 2 saturated heterocycles. The van der Waals surface area contributed by atoms with Gasteiger partial charge in [-0.2, -0.15) is 14.3 Å². The van der Waals surface area contributed by atoms with Gasteiger partial charge >= 0.3 is 0 Å². The highest BCUT2D eigenvalue weighted by atomic mass is 32.2. The molecule has 206 valence electrons. The van der Waals surface area contributed by atoms with Gasteiger partial charge in [0.05, 0.1) is 30.5 Å². The van der Waals surface area contributed by atoms with Crippen molar-refractivity contribution in [1.82, 2.24) is 38.3 Å². The number of anilines is 1. The highest BCUT2D eigenvalue weighted by Gasteiger charge is 2.31. The molecule has 4 aromatic rings. The number of ether oxygens (including phenoxy) is 1. The number of imidazole rings is 2. The number of morpholine rings is 1. The minimum atomic E-state index is -3.30. The van der Waals surface area contributed by atoms with Gasteiger partial charge in [0.2, 0.25) is 21.8 Å². The molecule has 2 aliphatic heterocycles. The smallest absolute Gasteiger partial charge is 0.290 e. The second-order valence-electron chi connectivity index (χ2n) is 9.77. The van der Waals surface area contributed by atoms with E-state index in [9.17, 15) is 13.2 Å². The number of carbonyl (C=O) groups excluding carboxylic acids is 1. The number of hydrogen-bond acceptors (Lipinski definition) is 9. The molecule has 0 bridgehead atoms. The van der Waals surface area contributed by atoms with E-state index in [0.717, 1.165) is 16.9 Å². The number of fused-ring (bicyclic) bond motifs is 2. The van der Waals surface area contributed by atoms with E-state index in [4.69, 9.17) is 24.7 Å². The molecule has 0 unspecified atom stereocenters. The summed E-state index contributed by atoms with van der Waals surface area (Å²) in [6, 6.07) is 7.89. The fourth-order valence-electron chi connectivity index (χ4n) is 5.22. The van der Waals surface area contributed by atoms with Crippen LogP contribution in [0.5, 0.6) is 0 Å². The fraction of sp³-hybridized carbons (Fsp3) is 0.480. The number of benzene rings is 1. The SMILES string of the molecule is CCc1nc2ccccc2n1-c1nc(N2CCOCC2)c2nc(C(=O)N3CCN(S(C)(=O)=O)CC3)n(C)c2n1. The molecule has 2 aliphatic rings. The molecule has 39 heavy (non-hydrogen) atoms. The van der Waals surface area contributed by atoms with Gasteiger partial charge in [0.15, 0.2) is 17.0 Å². The lowest BCUT2D eigenvalue weighted by Gasteiger charge is -2.32. The summed E-state index contributed by atoms with van der Waals surface area (Å²) in [7, 11) is -1.52. The molecular formula is C25H31N9O4S. The van der Waals surface area contributed by atoms with Gasteiger partial charge in [-0.05, 0) is 12.1 Å². The van der Waals surface area contributed by atoms with Crippen LogP contribution in [0.1, 0.15) is 23.4 Å². The van der Waals surface area contributed by atoms with E-state index in [1.165, 1.54) is 10.6 Å². The van der Waals surface area contributed by atoms with Crippen LogP contribution in [0.2, 0.25) is 0 Å². The average Bonchev–Trinajstić information content (AvgIpc) is 3.50. The predicted octanol–water partition coefficient (Wildman–Crippen LogP) is 0.819. The zero-order valence-corrected chi connectivity index (χ0v) is 23.1. The van der Waals surface area contributed by atoms with E-state index >= 15 is 0 Å². The first-order chi connectivity index (χ1) is 18.8. The molecule has 1 aromatic carbocycles. The van der Waals surface area contributed by atoms with E-state index in [-0.39, 0.29) is 24.8 Å². The molecular weight excluding hydrogens is 522 g/mol. The Morgan fingerprint density at radius 1 is 0.974 bits per heavy atom. The zero-order valence-electron chi connectivity index (χ0n) is 22.2. The zero-order chi connectivity index (χ0) is 27.3. The number of carbonyl (C=O) groups is 1. The number of para-hydroxylation sites is 2. The molecule has 0 spiro atoms. The molecule has 2 fully saturated rings. The number of hydrogen-bond donors (Lipinski definition) is 0. The highest BCUT2D eigenvalue weighted by molar-refractivity contribution is 7.88. The van der Waals surface area contributed by atoms with Crippen molar-refractivity contribution in [1.29, 1.82) is 0 Å². The van der Waals surface area contributed by atoms with Crippen molar-refractivity contribution < 1.29 is 17.9 Å². The summed E-state index contributed by atoms with van der Waals surface area (Å²) < 4.78 is 34.5. The van der Waals surface area contributed by atoms with Crippen LogP contribution in [0, 0.1) is 0 Å². The van der Waals surface area contributed by atoms with Gasteiger partial charge in [-0.25, -0.2) is 18.4 Å². The molecule has 0 radical (unpaired) electrons. The lowest BCUT2D eigenvalue weighted by Crippen LogP contribution is -2.50. The van der Waals surface area contributed by atoms with Gasteiger partial charge in [-0.3, -0.25) is 9.36 Å². The molecule has 0 atom stereocenters. The monoisotopic (exact) mass is 553 g/mol. The Hall–Kier alpha value is -3.62. The van der Waals surface area contributed by atoms with E-state index in [1.54, 1.807) is 16.5 Å². The van der Waals surface area contributed by atoms with Gasteiger partial charge < -0.3 is 19.1 Å². The number of aromatic nitrogens is 6. The molecule has 5 heterocycles. The first-order valence-corrected chi connectivity index (χ1v) is 14.9. The lowest BCUT2D eigenvalue weighted by molar-refractivity contribution is 0.0683. The Labute approximate surface area is 226 Å². The van der Waals surface area contributed by atoms with Crippen LogP contribution < -0.4 is 4.90 Å². The summed E-state index contributed by atoms with van der Waals surface area (Å²) in [5, 5.41) is 0. The molecule has 0 aliphatic carbocycles. The first kappa shape index (κ1) is 25.6. The number of rotatable bonds is 5. The Morgan fingerprint density at radius 3 is 2.38 bits per heavy atom. The van der Waals surface area contributed by atoms with Crippen LogP contribution in [0.3, 0.4) is 0 Å². The van der Waals surface area contributed by atoms with Crippen molar-refractivity contribution >= 4 is 43.9 Å². The third kappa shape index (κ3) is 4.51.